The Morgan fingerprint density at radius 3 is 2.64 bits per heavy atom. The molecule has 22 heavy (non-hydrogen) atoms. The number of esters is 1. The normalized spacial score (nSPS) is 20.5. The second-order valence-electron chi connectivity index (χ2n) is 5.49. The summed E-state index contributed by atoms with van der Waals surface area (Å²) >= 11 is 0. The minimum absolute atomic E-state index is 0.0503. The van der Waals surface area contributed by atoms with Crippen molar-refractivity contribution in [3.63, 3.8) is 0 Å². The van der Waals surface area contributed by atoms with Gasteiger partial charge in [0.1, 0.15) is 0 Å². The molecule has 1 aliphatic carbocycles. The number of nitrogens with zero attached hydrogens (tertiary/aromatic N) is 1. The summed E-state index contributed by atoms with van der Waals surface area (Å²) in [5, 5.41) is 0. The molecular formula is C18H23NO3. The predicted octanol–water partition coefficient (Wildman–Crippen LogP) is 2.93. The molecule has 1 amide bonds. The zero-order valence-electron chi connectivity index (χ0n) is 13.2. The number of allylic oxidation sites excluding steroid dienone is 1. The van der Waals surface area contributed by atoms with Gasteiger partial charge in [0, 0.05) is 13.0 Å². The van der Waals surface area contributed by atoms with Crippen LogP contribution in [0.4, 0.5) is 0 Å². The topological polar surface area (TPSA) is 46.6 Å². The van der Waals surface area contributed by atoms with Gasteiger partial charge in [-0.2, -0.15) is 0 Å². The summed E-state index contributed by atoms with van der Waals surface area (Å²) < 4.78 is 4.92. The average molecular weight is 301 g/mol. The smallest absolute Gasteiger partial charge is 0.311 e. The van der Waals surface area contributed by atoms with Gasteiger partial charge >= 0.3 is 5.97 Å². The molecule has 1 aromatic carbocycles. The van der Waals surface area contributed by atoms with Crippen LogP contribution in [0.1, 0.15) is 31.7 Å². The summed E-state index contributed by atoms with van der Waals surface area (Å²) in [7, 11) is 1.40. The van der Waals surface area contributed by atoms with Crippen molar-refractivity contribution in [2.45, 2.75) is 38.8 Å². The van der Waals surface area contributed by atoms with Crippen LogP contribution in [0.2, 0.25) is 0 Å². The van der Waals surface area contributed by atoms with E-state index < -0.39 is 0 Å². The summed E-state index contributed by atoms with van der Waals surface area (Å²) in [6, 6.07) is 9.63. The van der Waals surface area contributed by atoms with Gasteiger partial charge in [-0.1, -0.05) is 49.4 Å². The first kappa shape index (κ1) is 16.3. The van der Waals surface area contributed by atoms with Crippen LogP contribution in [-0.2, 0) is 20.9 Å². The molecule has 0 bridgehead atoms. The highest BCUT2D eigenvalue weighted by Crippen LogP contribution is 2.26. The second kappa shape index (κ2) is 7.78. The Morgan fingerprint density at radius 1 is 1.27 bits per heavy atom. The van der Waals surface area contributed by atoms with Crippen molar-refractivity contribution in [2.24, 2.45) is 5.92 Å². The lowest BCUT2D eigenvalue weighted by Crippen LogP contribution is -2.46. The Labute approximate surface area is 131 Å². The van der Waals surface area contributed by atoms with E-state index in [1.807, 2.05) is 49.4 Å². The Bertz CT molecular complexity index is 539. The van der Waals surface area contributed by atoms with Crippen LogP contribution in [0.25, 0.3) is 0 Å². The SMILES string of the molecule is CCC(=O)N(Cc1ccccc1)C1C=CCCC1C(=O)OC. The maximum atomic E-state index is 12.4. The zero-order valence-corrected chi connectivity index (χ0v) is 13.2. The molecule has 2 unspecified atom stereocenters. The number of amides is 1. The molecule has 0 aliphatic heterocycles. The van der Waals surface area contributed by atoms with E-state index in [-0.39, 0.29) is 23.8 Å². The van der Waals surface area contributed by atoms with Gasteiger partial charge in [-0.3, -0.25) is 9.59 Å². The van der Waals surface area contributed by atoms with Crippen LogP contribution in [0.3, 0.4) is 0 Å². The molecule has 4 nitrogen and oxygen atoms in total. The molecule has 2 atom stereocenters. The summed E-state index contributed by atoms with van der Waals surface area (Å²) in [4.78, 5) is 26.3. The maximum absolute atomic E-state index is 12.4. The third kappa shape index (κ3) is 3.75. The predicted molar refractivity (Wildman–Crippen MR) is 85.0 cm³/mol. The number of carbonyl (C=O) groups excluding carboxylic acids is 2. The average Bonchev–Trinajstić information content (AvgIpc) is 2.59. The Hall–Kier alpha value is -2.10. The lowest BCUT2D eigenvalue weighted by molar-refractivity contribution is -0.149. The fourth-order valence-corrected chi connectivity index (χ4v) is 2.89. The van der Waals surface area contributed by atoms with E-state index in [1.54, 1.807) is 4.90 Å². The van der Waals surface area contributed by atoms with Crippen LogP contribution < -0.4 is 0 Å². The molecule has 0 aromatic heterocycles. The molecule has 1 aromatic rings. The van der Waals surface area contributed by atoms with Crippen molar-refractivity contribution in [3.05, 3.63) is 48.0 Å². The van der Waals surface area contributed by atoms with Gasteiger partial charge in [0.15, 0.2) is 0 Å². The number of rotatable bonds is 5. The van der Waals surface area contributed by atoms with Crippen LogP contribution in [0.5, 0.6) is 0 Å². The monoisotopic (exact) mass is 301 g/mol. The third-order valence-corrected chi connectivity index (χ3v) is 4.07. The minimum Gasteiger partial charge on any atom is -0.469 e. The minimum atomic E-state index is -0.283. The standard InChI is InChI=1S/C18H23NO3/c1-3-17(20)19(13-14-9-5-4-6-10-14)16-12-8-7-11-15(16)18(21)22-2/h4-6,8-10,12,15-16H,3,7,11,13H2,1-2H3. The van der Waals surface area contributed by atoms with Crippen molar-refractivity contribution in [2.75, 3.05) is 7.11 Å². The fourth-order valence-electron chi connectivity index (χ4n) is 2.89. The first-order valence-corrected chi connectivity index (χ1v) is 7.75. The Kier molecular flexibility index (Phi) is 5.75. The number of carbonyl (C=O) groups is 2. The van der Waals surface area contributed by atoms with Crippen LogP contribution in [0.15, 0.2) is 42.5 Å². The largest absolute Gasteiger partial charge is 0.469 e. The zero-order chi connectivity index (χ0) is 15.9. The number of hydrogen-bond donors (Lipinski definition) is 0. The van der Waals surface area contributed by atoms with Gasteiger partial charge in [-0.05, 0) is 18.4 Å². The number of ether oxygens (including phenoxy) is 1. The van der Waals surface area contributed by atoms with Gasteiger partial charge in [0.2, 0.25) is 5.91 Å². The highest BCUT2D eigenvalue weighted by Gasteiger charge is 2.35. The second-order valence-corrected chi connectivity index (χ2v) is 5.49. The molecule has 0 fully saturated rings. The number of hydrogen-bond acceptors (Lipinski definition) is 3. The number of methoxy groups -OCH3 is 1. The molecule has 0 saturated heterocycles. The lowest BCUT2D eigenvalue weighted by atomic mass is 9.88. The number of benzene rings is 1. The van der Waals surface area contributed by atoms with Crippen LogP contribution in [0, 0.1) is 5.92 Å². The quantitative estimate of drug-likeness (QED) is 0.620. The van der Waals surface area contributed by atoms with Gasteiger partial charge in [0.25, 0.3) is 0 Å². The molecule has 0 radical (unpaired) electrons. The Balaban J connectivity index is 2.26. The van der Waals surface area contributed by atoms with E-state index in [2.05, 4.69) is 0 Å². The van der Waals surface area contributed by atoms with Gasteiger partial charge in [-0.15, -0.1) is 0 Å². The van der Waals surface area contributed by atoms with E-state index in [4.69, 9.17) is 4.74 Å². The van der Waals surface area contributed by atoms with Crippen molar-refractivity contribution in [1.82, 2.24) is 4.90 Å². The highest BCUT2D eigenvalue weighted by atomic mass is 16.5. The molecule has 0 heterocycles. The summed E-state index contributed by atoms with van der Waals surface area (Å²) in [6.07, 6.45) is 6.00. The third-order valence-electron chi connectivity index (χ3n) is 4.07. The van der Waals surface area contributed by atoms with Gasteiger partial charge < -0.3 is 9.64 Å². The summed E-state index contributed by atoms with van der Waals surface area (Å²) in [6.45, 7) is 2.36. The van der Waals surface area contributed by atoms with Crippen molar-refractivity contribution < 1.29 is 14.3 Å². The molecular weight excluding hydrogens is 278 g/mol. The van der Waals surface area contributed by atoms with E-state index in [0.29, 0.717) is 13.0 Å². The Morgan fingerprint density at radius 2 is 2.00 bits per heavy atom. The fraction of sp³-hybridized carbons (Fsp3) is 0.444. The van der Waals surface area contributed by atoms with Crippen molar-refractivity contribution >= 4 is 11.9 Å². The van der Waals surface area contributed by atoms with E-state index in [1.165, 1.54) is 7.11 Å². The van der Waals surface area contributed by atoms with Crippen molar-refractivity contribution in [1.29, 1.82) is 0 Å². The molecule has 0 spiro atoms. The van der Waals surface area contributed by atoms with E-state index >= 15 is 0 Å². The summed E-state index contributed by atoms with van der Waals surface area (Å²) in [5.41, 5.74) is 1.06. The van der Waals surface area contributed by atoms with Gasteiger partial charge in [-0.25, -0.2) is 0 Å². The van der Waals surface area contributed by atoms with Gasteiger partial charge in [0.05, 0.1) is 19.1 Å². The molecule has 4 heteroatoms. The highest BCUT2D eigenvalue weighted by molar-refractivity contribution is 5.79. The van der Waals surface area contributed by atoms with Crippen molar-refractivity contribution in [3.8, 4) is 0 Å². The first-order valence-electron chi connectivity index (χ1n) is 7.75. The summed E-state index contributed by atoms with van der Waals surface area (Å²) in [5.74, 6) is -0.472. The van der Waals surface area contributed by atoms with E-state index in [0.717, 1.165) is 18.4 Å². The lowest BCUT2D eigenvalue weighted by Gasteiger charge is -2.36. The van der Waals surface area contributed by atoms with E-state index in [9.17, 15) is 9.59 Å². The molecule has 1 aliphatic rings. The van der Waals surface area contributed by atoms with Crippen LogP contribution in [-0.4, -0.2) is 29.9 Å². The molecule has 0 N–H and O–H groups in total. The first-order chi connectivity index (χ1) is 10.7. The molecule has 0 saturated carbocycles. The molecule has 118 valence electrons. The van der Waals surface area contributed by atoms with Crippen LogP contribution >= 0.6 is 0 Å². The molecule has 2 rings (SSSR count). The maximum Gasteiger partial charge on any atom is 0.311 e.